The van der Waals surface area contributed by atoms with E-state index in [2.05, 4.69) is 6.92 Å². The molecule has 3 fully saturated rings. The first-order valence-electron chi connectivity index (χ1n) is 10.00. The average Bonchev–Trinajstić information content (AvgIpc) is 2.57. The van der Waals surface area contributed by atoms with E-state index in [1.165, 1.54) is 83.5 Å². The Balaban J connectivity index is 1.56. The second-order valence-electron chi connectivity index (χ2n) is 8.09. The fourth-order valence-corrected chi connectivity index (χ4v) is 5.65. The van der Waals surface area contributed by atoms with Crippen LogP contribution in [0.25, 0.3) is 0 Å². The Kier molecular flexibility index (Phi) is 6.03. The Morgan fingerprint density at radius 2 is 1.48 bits per heavy atom. The van der Waals surface area contributed by atoms with Gasteiger partial charge in [-0.2, -0.15) is 0 Å². The first-order chi connectivity index (χ1) is 10.4. The van der Waals surface area contributed by atoms with Crippen molar-refractivity contribution in [2.24, 2.45) is 23.7 Å². The molecule has 0 spiro atoms. The summed E-state index contributed by atoms with van der Waals surface area (Å²) in [6.45, 7) is 3.39. The summed E-state index contributed by atoms with van der Waals surface area (Å²) in [5, 5.41) is 0. The van der Waals surface area contributed by atoms with Gasteiger partial charge >= 0.3 is 0 Å². The third kappa shape index (κ3) is 4.03. The highest BCUT2D eigenvalue weighted by Crippen LogP contribution is 2.46. The summed E-state index contributed by atoms with van der Waals surface area (Å²) in [5.41, 5.74) is 0. The standard InChI is InChI=1S/C20H36O/c1-2-7-16-11-13-17(14-12-16)18-8-3-4-9-19(18)20-10-5-6-15-21-20/h16-20H,2-15H2,1H3. The van der Waals surface area contributed by atoms with Gasteiger partial charge < -0.3 is 4.74 Å². The molecule has 1 saturated heterocycles. The lowest BCUT2D eigenvalue weighted by Crippen LogP contribution is -2.39. The molecule has 0 radical (unpaired) electrons. The topological polar surface area (TPSA) is 9.23 Å². The molecule has 2 aliphatic carbocycles. The Bertz CT molecular complexity index is 286. The van der Waals surface area contributed by atoms with Crippen LogP contribution in [-0.2, 0) is 4.74 Å². The molecule has 3 unspecified atom stereocenters. The molecule has 122 valence electrons. The van der Waals surface area contributed by atoms with Crippen molar-refractivity contribution in [3.8, 4) is 0 Å². The molecular weight excluding hydrogens is 256 g/mol. The van der Waals surface area contributed by atoms with E-state index in [4.69, 9.17) is 4.74 Å². The smallest absolute Gasteiger partial charge is 0.0606 e. The highest BCUT2D eigenvalue weighted by atomic mass is 16.5. The van der Waals surface area contributed by atoms with Gasteiger partial charge in [-0.1, -0.05) is 45.4 Å². The SMILES string of the molecule is CCCC1CCC(C2CCCCC2C2CCCCO2)CC1. The predicted molar refractivity (Wildman–Crippen MR) is 89.4 cm³/mol. The second-order valence-corrected chi connectivity index (χ2v) is 8.09. The molecule has 0 aromatic heterocycles. The summed E-state index contributed by atoms with van der Waals surface area (Å²) in [6, 6.07) is 0. The van der Waals surface area contributed by atoms with Crippen LogP contribution in [0.15, 0.2) is 0 Å². The number of ether oxygens (including phenoxy) is 1. The van der Waals surface area contributed by atoms with Crippen LogP contribution in [0.2, 0.25) is 0 Å². The van der Waals surface area contributed by atoms with Crippen LogP contribution < -0.4 is 0 Å². The van der Waals surface area contributed by atoms with Crippen molar-refractivity contribution in [1.29, 1.82) is 0 Å². The van der Waals surface area contributed by atoms with Gasteiger partial charge in [-0.15, -0.1) is 0 Å². The van der Waals surface area contributed by atoms with Crippen molar-refractivity contribution in [2.45, 2.75) is 96.5 Å². The number of rotatable bonds is 4. The minimum absolute atomic E-state index is 0.623. The zero-order valence-corrected chi connectivity index (χ0v) is 14.2. The molecule has 1 aliphatic heterocycles. The quantitative estimate of drug-likeness (QED) is 0.620. The lowest BCUT2D eigenvalue weighted by molar-refractivity contribution is -0.0623. The largest absolute Gasteiger partial charge is 0.378 e. The van der Waals surface area contributed by atoms with E-state index in [9.17, 15) is 0 Å². The summed E-state index contributed by atoms with van der Waals surface area (Å²) in [6.07, 6.45) is 19.6. The maximum Gasteiger partial charge on any atom is 0.0606 e. The Morgan fingerprint density at radius 1 is 0.762 bits per heavy atom. The van der Waals surface area contributed by atoms with Crippen molar-refractivity contribution >= 4 is 0 Å². The molecular formula is C20H36O. The summed E-state index contributed by atoms with van der Waals surface area (Å²) in [4.78, 5) is 0. The zero-order valence-electron chi connectivity index (χ0n) is 14.2. The molecule has 0 N–H and O–H groups in total. The summed E-state index contributed by atoms with van der Waals surface area (Å²) < 4.78 is 6.20. The van der Waals surface area contributed by atoms with Gasteiger partial charge in [0.1, 0.15) is 0 Å². The monoisotopic (exact) mass is 292 g/mol. The van der Waals surface area contributed by atoms with E-state index in [-0.39, 0.29) is 0 Å². The maximum absolute atomic E-state index is 6.20. The first kappa shape index (κ1) is 15.8. The van der Waals surface area contributed by atoms with Crippen LogP contribution >= 0.6 is 0 Å². The normalized spacial score (nSPS) is 41.9. The molecule has 1 heteroatoms. The Hall–Kier alpha value is -0.0400. The molecule has 0 bridgehead atoms. The van der Waals surface area contributed by atoms with Crippen LogP contribution in [0.3, 0.4) is 0 Å². The fraction of sp³-hybridized carbons (Fsp3) is 1.00. The third-order valence-corrected chi connectivity index (χ3v) is 6.76. The second kappa shape index (κ2) is 7.99. The third-order valence-electron chi connectivity index (χ3n) is 6.76. The van der Waals surface area contributed by atoms with Crippen molar-refractivity contribution in [2.75, 3.05) is 6.61 Å². The van der Waals surface area contributed by atoms with Gasteiger partial charge in [0.05, 0.1) is 6.10 Å². The Labute approximate surface area is 132 Å². The van der Waals surface area contributed by atoms with Crippen LogP contribution in [0.4, 0.5) is 0 Å². The van der Waals surface area contributed by atoms with Crippen molar-refractivity contribution in [3.63, 3.8) is 0 Å². The van der Waals surface area contributed by atoms with Crippen molar-refractivity contribution in [1.82, 2.24) is 0 Å². The highest BCUT2D eigenvalue weighted by molar-refractivity contribution is 4.88. The minimum atomic E-state index is 0.623. The molecule has 21 heavy (non-hydrogen) atoms. The van der Waals surface area contributed by atoms with Crippen LogP contribution in [-0.4, -0.2) is 12.7 Å². The van der Waals surface area contributed by atoms with E-state index in [1.54, 1.807) is 0 Å². The van der Waals surface area contributed by atoms with Crippen LogP contribution in [0.5, 0.6) is 0 Å². The van der Waals surface area contributed by atoms with Gasteiger partial charge in [0.2, 0.25) is 0 Å². The summed E-state index contributed by atoms with van der Waals surface area (Å²) in [7, 11) is 0. The highest BCUT2D eigenvalue weighted by Gasteiger charge is 2.38. The van der Waals surface area contributed by atoms with Gasteiger partial charge in [-0.3, -0.25) is 0 Å². The van der Waals surface area contributed by atoms with Gasteiger partial charge in [0.25, 0.3) is 0 Å². The lowest BCUT2D eigenvalue weighted by Gasteiger charge is -2.44. The average molecular weight is 293 g/mol. The maximum atomic E-state index is 6.20. The molecule has 3 rings (SSSR count). The zero-order chi connectivity index (χ0) is 14.5. The fourth-order valence-electron chi connectivity index (χ4n) is 5.65. The molecule has 0 amide bonds. The van der Waals surface area contributed by atoms with E-state index >= 15 is 0 Å². The first-order valence-corrected chi connectivity index (χ1v) is 10.00. The van der Waals surface area contributed by atoms with Crippen molar-refractivity contribution in [3.05, 3.63) is 0 Å². The van der Waals surface area contributed by atoms with Gasteiger partial charge in [-0.25, -0.2) is 0 Å². The van der Waals surface area contributed by atoms with E-state index < -0.39 is 0 Å². The summed E-state index contributed by atoms with van der Waals surface area (Å²) >= 11 is 0. The predicted octanol–water partition coefficient (Wildman–Crippen LogP) is 5.97. The Morgan fingerprint density at radius 3 is 2.14 bits per heavy atom. The number of hydrogen-bond donors (Lipinski definition) is 0. The number of hydrogen-bond acceptors (Lipinski definition) is 1. The van der Waals surface area contributed by atoms with Crippen molar-refractivity contribution < 1.29 is 4.74 Å². The molecule has 1 nitrogen and oxygen atoms in total. The lowest BCUT2D eigenvalue weighted by atomic mass is 9.64. The summed E-state index contributed by atoms with van der Waals surface area (Å²) in [5.74, 6) is 4.00. The molecule has 0 aromatic rings. The van der Waals surface area contributed by atoms with Gasteiger partial charge in [0, 0.05) is 6.61 Å². The molecule has 2 saturated carbocycles. The minimum Gasteiger partial charge on any atom is -0.378 e. The molecule has 3 aliphatic rings. The van der Waals surface area contributed by atoms with Crippen LogP contribution in [0.1, 0.15) is 90.4 Å². The van der Waals surface area contributed by atoms with E-state index in [0.717, 1.165) is 30.3 Å². The molecule has 3 atom stereocenters. The molecule has 1 heterocycles. The van der Waals surface area contributed by atoms with Gasteiger partial charge in [0.15, 0.2) is 0 Å². The van der Waals surface area contributed by atoms with Gasteiger partial charge in [-0.05, 0) is 68.6 Å². The van der Waals surface area contributed by atoms with E-state index in [1.807, 2.05) is 0 Å². The van der Waals surface area contributed by atoms with Crippen LogP contribution in [0, 0.1) is 23.7 Å². The molecule has 0 aromatic carbocycles. The van der Waals surface area contributed by atoms with E-state index in [0.29, 0.717) is 6.10 Å².